The SMILES string of the molecule is CC(C)OC(=O)c1c(NC(=O)c2cnn3c2NC(c2ccccc2)CC3C(F)F)sc2c1CCCC2. The minimum atomic E-state index is -2.64. The lowest BCUT2D eigenvalue weighted by molar-refractivity contribution is 0.0378. The second-order valence-electron chi connectivity index (χ2n) is 9.42. The lowest BCUT2D eigenvalue weighted by atomic mass is 9.95. The molecule has 7 nitrogen and oxygen atoms in total. The molecule has 0 spiro atoms. The van der Waals surface area contributed by atoms with Crippen molar-refractivity contribution in [3.63, 3.8) is 0 Å². The van der Waals surface area contributed by atoms with E-state index in [1.165, 1.54) is 22.2 Å². The standard InChI is InChI=1S/C26H28F2N4O3S/c1-14(2)35-26(34)21-16-10-6-7-11-20(16)36-25(21)31-24(33)17-13-29-32-19(22(27)28)12-18(30-23(17)32)15-8-4-3-5-9-15/h3-5,8-9,13-14,18-19,22,30H,6-7,10-12H2,1-2H3,(H,31,33). The predicted octanol–water partition coefficient (Wildman–Crippen LogP) is 6.00. The van der Waals surface area contributed by atoms with E-state index in [0.717, 1.165) is 41.7 Å². The fraction of sp³-hybridized carbons (Fsp3) is 0.423. The molecule has 1 amide bonds. The molecule has 0 bridgehead atoms. The number of amides is 1. The summed E-state index contributed by atoms with van der Waals surface area (Å²) in [4.78, 5) is 27.5. The first-order chi connectivity index (χ1) is 17.3. The molecule has 1 aliphatic heterocycles. The van der Waals surface area contributed by atoms with Crippen LogP contribution in [-0.4, -0.2) is 34.2 Å². The van der Waals surface area contributed by atoms with E-state index >= 15 is 0 Å². The van der Waals surface area contributed by atoms with Crippen LogP contribution in [0.1, 0.15) is 81.9 Å². The number of hydrogen-bond donors (Lipinski definition) is 2. The van der Waals surface area contributed by atoms with E-state index in [2.05, 4.69) is 15.7 Å². The van der Waals surface area contributed by atoms with Crippen LogP contribution in [0.15, 0.2) is 36.5 Å². The summed E-state index contributed by atoms with van der Waals surface area (Å²) in [6.07, 6.45) is 2.09. The number of ether oxygens (including phenoxy) is 1. The number of nitrogens with zero attached hydrogens (tertiary/aromatic N) is 2. The number of alkyl halides is 2. The lowest BCUT2D eigenvalue weighted by Gasteiger charge is -2.32. The van der Waals surface area contributed by atoms with Gasteiger partial charge in [0.15, 0.2) is 0 Å². The van der Waals surface area contributed by atoms with Crippen molar-refractivity contribution in [1.82, 2.24) is 9.78 Å². The number of hydrogen-bond acceptors (Lipinski definition) is 6. The van der Waals surface area contributed by atoms with Gasteiger partial charge in [-0.3, -0.25) is 4.79 Å². The Kier molecular flexibility index (Phi) is 6.79. The summed E-state index contributed by atoms with van der Waals surface area (Å²) in [5.41, 5.74) is 2.34. The average molecular weight is 515 g/mol. The number of halogens is 2. The van der Waals surface area contributed by atoms with Crippen molar-refractivity contribution in [3.8, 4) is 0 Å². The molecule has 3 aromatic rings. The van der Waals surface area contributed by atoms with Gasteiger partial charge in [-0.25, -0.2) is 18.3 Å². The highest BCUT2D eigenvalue weighted by molar-refractivity contribution is 7.17. The Bertz CT molecular complexity index is 1270. The van der Waals surface area contributed by atoms with E-state index in [1.54, 1.807) is 13.8 Å². The second kappa shape index (κ2) is 10.0. The van der Waals surface area contributed by atoms with Crippen LogP contribution in [-0.2, 0) is 17.6 Å². The quantitative estimate of drug-likeness (QED) is 0.394. The highest BCUT2D eigenvalue weighted by atomic mass is 32.1. The molecular formula is C26H28F2N4O3S. The second-order valence-corrected chi connectivity index (χ2v) is 10.5. The zero-order valence-electron chi connectivity index (χ0n) is 20.1. The van der Waals surface area contributed by atoms with Gasteiger partial charge in [-0.2, -0.15) is 5.10 Å². The summed E-state index contributed by atoms with van der Waals surface area (Å²) in [5, 5.41) is 10.7. The Morgan fingerprint density at radius 2 is 1.94 bits per heavy atom. The lowest BCUT2D eigenvalue weighted by Crippen LogP contribution is -2.31. The minimum Gasteiger partial charge on any atom is -0.459 e. The molecule has 0 radical (unpaired) electrons. The number of aromatic nitrogens is 2. The third-order valence-corrected chi connectivity index (χ3v) is 7.79. The van der Waals surface area contributed by atoms with E-state index < -0.39 is 30.4 Å². The van der Waals surface area contributed by atoms with Gasteiger partial charge in [0.2, 0.25) is 0 Å². The van der Waals surface area contributed by atoms with Crippen molar-refractivity contribution in [2.75, 3.05) is 10.6 Å². The van der Waals surface area contributed by atoms with Gasteiger partial charge in [0.05, 0.1) is 23.9 Å². The van der Waals surface area contributed by atoms with Crippen molar-refractivity contribution in [3.05, 3.63) is 63.7 Å². The van der Waals surface area contributed by atoms with Crippen LogP contribution in [0, 0.1) is 0 Å². The molecule has 2 unspecified atom stereocenters. The molecule has 0 fully saturated rings. The summed E-state index contributed by atoms with van der Waals surface area (Å²) < 4.78 is 34.6. The molecule has 36 heavy (non-hydrogen) atoms. The zero-order chi connectivity index (χ0) is 25.4. The molecule has 2 aliphatic rings. The summed E-state index contributed by atoms with van der Waals surface area (Å²) >= 11 is 1.38. The van der Waals surface area contributed by atoms with Gasteiger partial charge in [0.1, 0.15) is 22.4 Å². The molecule has 3 heterocycles. The van der Waals surface area contributed by atoms with Crippen LogP contribution in [0.2, 0.25) is 0 Å². The maximum Gasteiger partial charge on any atom is 0.341 e. The smallest absolute Gasteiger partial charge is 0.341 e. The normalized spacial score (nSPS) is 18.9. The molecule has 0 saturated heterocycles. The van der Waals surface area contributed by atoms with E-state index in [9.17, 15) is 18.4 Å². The number of anilines is 2. The minimum absolute atomic E-state index is 0.139. The van der Waals surface area contributed by atoms with Crippen molar-refractivity contribution in [2.45, 2.75) is 70.6 Å². The van der Waals surface area contributed by atoms with Crippen molar-refractivity contribution in [2.24, 2.45) is 0 Å². The summed E-state index contributed by atoms with van der Waals surface area (Å²) in [7, 11) is 0. The first-order valence-electron chi connectivity index (χ1n) is 12.2. The third kappa shape index (κ3) is 4.61. The monoisotopic (exact) mass is 514 g/mol. The van der Waals surface area contributed by atoms with Crippen LogP contribution >= 0.6 is 11.3 Å². The van der Waals surface area contributed by atoms with Gasteiger partial charge in [-0.1, -0.05) is 30.3 Å². The van der Waals surface area contributed by atoms with Crippen LogP contribution in [0.25, 0.3) is 0 Å². The van der Waals surface area contributed by atoms with Gasteiger partial charge >= 0.3 is 5.97 Å². The molecular weight excluding hydrogens is 486 g/mol. The number of esters is 1. The van der Waals surface area contributed by atoms with Crippen LogP contribution in [0.3, 0.4) is 0 Å². The molecule has 2 N–H and O–H groups in total. The maximum atomic E-state index is 14.0. The Morgan fingerprint density at radius 3 is 2.67 bits per heavy atom. The third-order valence-electron chi connectivity index (χ3n) is 6.58. The average Bonchev–Trinajstić information content (AvgIpc) is 3.44. The summed E-state index contributed by atoms with van der Waals surface area (Å²) in [6.45, 7) is 3.56. The predicted molar refractivity (Wildman–Crippen MR) is 134 cm³/mol. The molecule has 2 aromatic heterocycles. The van der Waals surface area contributed by atoms with Gasteiger partial charge in [0, 0.05) is 4.88 Å². The van der Waals surface area contributed by atoms with E-state index in [0.29, 0.717) is 10.6 Å². The summed E-state index contributed by atoms with van der Waals surface area (Å²) in [5.74, 6) is -0.732. The highest BCUT2D eigenvalue weighted by Crippen LogP contribution is 2.41. The largest absolute Gasteiger partial charge is 0.459 e. The van der Waals surface area contributed by atoms with Gasteiger partial charge in [0.25, 0.3) is 12.3 Å². The van der Waals surface area contributed by atoms with Crippen LogP contribution < -0.4 is 10.6 Å². The first kappa shape index (κ1) is 24.4. The Labute approximate surface area is 211 Å². The summed E-state index contributed by atoms with van der Waals surface area (Å²) in [6, 6.07) is 7.74. The number of rotatable bonds is 6. The van der Waals surface area contributed by atoms with Crippen molar-refractivity contribution >= 4 is 34.0 Å². The molecule has 190 valence electrons. The molecule has 0 saturated carbocycles. The van der Waals surface area contributed by atoms with Crippen LogP contribution in [0.5, 0.6) is 0 Å². The van der Waals surface area contributed by atoms with Crippen molar-refractivity contribution < 1.29 is 23.1 Å². The van der Waals surface area contributed by atoms with Gasteiger partial charge in [-0.05, 0) is 57.1 Å². The molecule has 1 aliphatic carbocycles. The Morgan fingerprint density at radius 1 is 1.19 bits per heavy atom. The Balaban J connectivity index is 1.47. The van der Waals surface area contributed by atoms with Gasteiger partial charge < -0.3 is 15.4 Å². The number of fused-ring (bicyclic) bond motifs is 2. The molecule has 2 atom stereocenters. The topological polar surface area (TPSA) is 85.2 Å². The van der Waals surface area contributed by atoms with E-state index in [1.807, 2.05) is 30.3 Å². The van der Waals surface area contributed by atoms with Gasteiger partial charge in [-0.15, -0.1) is 11.3 Å². The van der Waals surface area contributed by atoms with E-state index in [-0.39, 0.29) is 23.9 Å². The molecule has 10 heteroatoms. The number of carbonyl (C=O) groups is 2. The fourth-order valence-corrected chi connectivity index (χ4v) is 6.19. The van der Waals surface area contributed by atoms with Crippen LogP contribution in [0.4, 0.5) is 19.6 Å². The highest BCUT2D eigenvalue weighted by Gasteiger charge is 2.37. The number of aryl methyl sites for hydroxylation is 1. The fourth-order valence-electron chi connectivity index (χ4n) is 4.92. The number of benzene rings is 1. The first-order valence-corrected chi connectivity index (χ1v) is 13.0. The number of nitrogens with one attached hydrogen (secondary N) is 2. The molecule has 5 rings (SSSR count). The maximum absolute atomic E-state index is 14.0. The van der Waals surface area contributed by atoms with Crippen molar-refractivity contribution in [1.29, 1.82) is 0 Å². The van der Waals surface area contributed by atoms with E-state index in [4.69, 9.17) is 4.74 Å². The number of thiophene rings is 1. The zero-order valence-corrected chi connectivity index (χ0v) is 20.9. The Hall–Kier alpha value is -3.27. The molecule has 1 aromatic carbocycles. The number of carbonyl (C=O) groups excluding carboxylic acids is 2.